The van der Waals surface area contributed by atoms with Crippen molar-refractivity contribution < 1.29 is 0 Å². The Balaban J connectivity index is 2.60. The number of rotatable bonds is 3. The van der Waals surface area contributed by atoms with E-state index in [4.69, 9.17) is 0 Å². The number of aliphatic imine (C=N–C) groups is 1. The highest BCUT2D eigenvalue weighted by Crippen LogP contribution is 2.01. The lowest BCUT2D eigenvalue weighted by molar-refractivity contribution is 1.09. The molecule has 0 aliphatic heterocycles. The van der Waals surface area contributed by atoms with Crippen LogP contribution in [-0.2, 0) is 0 Å². The third kappa shape index (κ3) is 4.40. The molecule has 0 saturated carbocycles. The molecule has 1 aromatic heterocycles. The first-order valence-electron chi connectivity index (χ1n) is 5.10. The van der Waals surface area contributed by atoms with Gasteiger partial charge in [0.05, 0.1) is 0 Å². The Morgan fingerprint density at radius 2 is 2.27 bits per heavy atom. The van der Waals surface area contributed by atoms with Crippen LogP contribution in [0.2, 0.25) is 0 Å². The fraction of sp³-hybridized carbons (Fsp3) is 0.333. The lowest BCUT2D eigenvalue weighted by atomic mass is 10.3. The fourth-order valence-electron chi connectivity index (χ4n) is 0.953. The summed E-state index contributed by atoms with van der Waals surface area (Å²) in [6.45, 7) is 6.11. The van der Waals surface area contributed by atoms with Crippen molar-refractivity contribution in [2.45, 2.75) is 27.2 Å². The monoisotopic (exact) mass is 203 g/mol. The molecule has 1 N–H and O–H groups in total. The molecule has 0 aliphatic rings. The molecule has 0 unspecified atom stereocenters. The highest BCUT2D eigenvalue weighted by Gasteiger charge is 1.92. The zero-order valence-electron chi connectivity index (χ0n) is 9.49. The summed E-state index contributed by atoms with van der Waals surface area (Å²) in [5.74, 6) is 1.67. The second-order valence-electron chi connectivity index (χ2n) is 3.38. The van der Waals surface area contributed by atoms with Crippen LogP contribution in [0.15, 0.2) is 41.2 Å². The van der Waals surface area contributed by atoms with Gasteiger partial charge in [0.2, 0.25) is 0 Å². The van der Waals surface area contributed by atoms with Crippen molar-refractivity contribution in [3.05, 3.63) is 36.2 Å². The topological polar surface area (TPSA) is 37.3 Å². The average Bonchev–Trinajstić information content (AvgIpc) is 2.27. The summed E-state index contributed by atoms with van der Waals surface area (Å²) in [6, 6.07) is 5.74. The number of allylic oxidation sites excluding steroid dienone is 1. The van der Waals surface area contributed by atoms with Gasteiger partial charge in [-0.3, -0.25) is 0 Å². The first-order chi connectivity index (χ1) is 7.22. The summed E-state index contributed by atoms with van der Waals surface area (Å²) in [6.07, 6.45) is 4.66. The standard InChI is InChI=1S/C12H17N3/c1-4-10(2)9-14-11(3)15-12-7-5-6-8-13-12/h5-9H,4H2,1-3H3,(H,13,14,15)/b10-9-. The molecule has 1 rings (SSSR count). The van der Waals surface area contributed by atoms with Gasteiger partial charge in [-0.2, -0.15) is 0 Å². The second-order valence-corrected chi connectivity index (χ2v) is 3.38. The number of pyridine rings is 1. The summed E-state index contributed by atoms with van der Waals surface area (Å²) in [4.78, 5) is 8.45. The van der Waals surface area contributed by atoms with Gasteiger partial charge < -0.3 is 5.32 Å². The summed E-state index contributed by atoms with van der Waals surface area (Å²) in [7, 11) is 0. The highest BCUT2D eigenvalue weighted by atomic mass is 15.0. The molecule has 0 fully saturated rings. The maximum atomic E-state index is 4.29. The van der Waals surface area contributed by atoms with E-state index >= 15 is 0 Å². The molecular weight excluding hydrogens is 186 g/mol. The number of aromatic nitrogens is 1. The van der Waals surface area contributed by atoms with Gasteiger partial charge in [-0.25, -0.2) is 9.98 Å². The van der Waals surface area contributed by atoms with Gasteiger partial charge in [0.15, 0.2) is 0 Å². The molecule has 0 aliphatic carbocycles. The van der Waals surface area contributed by atoms with E-state index < -0.39 is 0 Å². The minimum Gasteiger partial charge on any atom is -0.329 e. The fourth-order valence-corrected chi connectivity index (χ4v) is 0.953. The van der Waals surface area contributed by atoms with E-state index in [-0.39, 0.29) is 0 Å². The van der Waals surface area contributed by atoms with E-state index in [0.717, 1.165) is 18.1 Å². The number of nitrogens with one attached hydrogen (secondary N) is 1. The molecule has 1 aromatic rings. The van der Waals surface area contributed by atoms with E-state index in [0.29, 0.717) is 0 Å². The van der Waals surface area contributed by atoms with E-state index in [1.165, 1.54) is 5.57 Å². The Hall–Kier alpha value is -1.64. The Morgan fingerprint density at radius 1 is 1.47 bits per heavy atom. The Labute approximate surface area is 91.0 Å². The van der Waals surface area contributed by atoms with Crippen molar-refractivity contribution in [2.24, 2.45) is 4.99 Å². The molecule has 0 atom stereocenters. The van der Waals surface area contributed by atoms with Crippen molar-refractivity contribution in [1.82, 2.24) is 4.98 Å². The molecule has 80 valence electrons. The average molecular weight is 203 g/mol. The number of hydrogen-bond donors (Lipinski definition) is 1. The molecule has 0 aromatic carbocycles. The van der Waals surface area contributed by atoms with Crippen molar-refractivity contribution in [3.8, 4) is 0 Å². The molecule has 3 nitrogen and oxygen atoms in total. The number of hydrogen-bond acceptors (Lipinski definition) is 2. The van der Waals surface area contributed by atoms with Crippen molar-refractivity contribution in [3.63, 3.8) is 0 Å². The van der Waals surface area contributed by atoms with Crippen LogP contribution in [0.1, 0.15) is 27.2 Å². The van der Waals surface area contributed by atoms with Crippen LogP contribution in [0.25, 0.3) is 0 Å². The predicted molar refractivity (Wildman–Crippen MR) is 65.0 cm³/mol. The van der Waals surface area contributed by atoms with Crippen LogP contribution in [0.3, 0.4) is 0 Å². The Kier molecular flexibility index (Phi) is 4.54. The minimum absolute atomic E-state index is 0.821. The molecule has 0 radical (unpaired) electrons. The zero-order chi connectivity index (χ0) is 11.1. The van der Waals surface area contributed by atoms with E-state index in [2.05, 4.69) is 29.1 Å². The number of amidine groups is 1. The summed E-state index contributed by atoms with van der Waals surface area (Å²) in [5, 5.41) is 3.12. The van der Waals surface area contributed by atoms with Gasteiger partial charge in [0.1, 0.15) is 11.7 Å². The number of nitrogens with zero attached hydrogens (tertiary/aromatic N) is 2. The predicted octanol–water partition coefficient (Wildman–Crippen LogP) is 3.23. The first-order valence-corrected chi connectivity index (χ1v) is 5.10. The first kappa shape index (κ1) is 11.4. The minimum atomic E-state index is 0.821. The van der Waals surface area contributed by atoms with E-state index in [9.17, 15) is 0 Å². The lowest BCUT2D eigenvalue weighted by Gasteiger charge is -2.02. The van der Waals surface area contributed by atoms with E-state index in [1.54, 1.807) is 6.20 Å². The van der Waals surface area contributed by atoms with Gasteiger partial charge in [0, 0.05) is 12.4 Å². The normalized spacial score (nSPS) is 12.7. The van der Waals surface area contributed by atoms with Crippen molar-refractivity contribution in [2.75, 3.05) is 5.32 Å². The van der Waals surface area contributed by atoms with Crippen LogP contribution in [0, 0.1) is 0 Å². The van der Waals surface area contributed by atoms with Gasteiger partial charge in [-0.05, 0) is 32.4 Å². The highest BCUT2D eigenvalue weighted by molar-refractivity contribution is 5.92. The SMILES string of the molecule is CC/C(C)=C\N=C(C)Nc1ccccn1. The van der Waals surface area contributed by atoms with Gasteiger partial charge in [-0.15, -0.1) is 0 Å². The number of anilines is 1. The second kappa shape index (κ2) is 5.96. The van der Waals surface area contributed by atoms with Crippen molar-refractivity contribution >= 4 is 11.7 Å². The molecule has 0 spiro atoms. The molecule has 0 saturated heterocycles. The molecule has 0 bridgehead atoms. The van der Waals surface area contributed by atoms with Crippen LogP contribution >= 0.6 is 0 Å². The molecule has 1 heterocycles. The molecule has 0 amide bonds. The lowest BCUT2D eigenvalue weighted by Crippen LogP contribution is -2.07. The third-order valence-corrected chi connectivity index (χ3v) is 2.01. The molecular formula is C12H17N3. The van der Waals surface area contributed by atoms with Gasteiger partial charge in [-0.1, -0.05) is 18.6 Å². The third-order valence-electron chi connectivity index (χ3n) is 2.01. The molecule has 15 heavy (non-hydrogen) atoms. The Bertz CT molecular complexity index is 352. The maximum Gasteiger partial charge on any atom is 0.131 e. The van der Waals surface area contributed by atoms with E-state index in [1.807, 2.05) is 31.3 Å². The summed E-state index contributed by atoms with van der Waals surface area (Å²) < 4.78 is 0. The van der Waals surface area contributed by atoms with Crippen molar-refractivity contribution in [1.29, 1.82) is 0 Å². The smallest absolute Gasteiger partial charge is 0.131 e. The van der Waals surface area contributed by atoms with Crippen LogP contribution in [-0.4, -0.2) is 10.8 Å². The largest absolute Gasteiger partial charge is 0.329 e. The van der Waals surface area contributed by atoms with Crippen LogP contribution < -0.4 is 5.32 Å². The van der Waals surface area contributed by atoms with Crippen LogP contribution in [0.4, 0.5) is 5.82 Å². The van der Waals surface area contributed by atoms with Gasteiger partial charge >= 0.3 is 0 Å². The van der Waals surface area contributed by atoms with Crippen LogP contribution in [0.5, 0.6) is 0 Å². The maximum absolute atomic E-state index is 4.29. The Morgan fingerprint density at radius 3 is 2.87 bits per heavy atom. The summed E-state index contributed by atoms with van der Waals surface area (Å²) >= 11 is 0. The zero-order valence-corrected chi connectivity index (χ0v) is 9.49. The summed E-state index contributed by atoms with van der Waals surface area (Å²) in [5.41, 5.74) is 1.26. The molecule has 3 heteroatoms. The quantitative estimate of drug-likeness (QED) is 0.605. The van der Waals surface area contributed by atoms with Gasteiger partial charge in [0.25, 0.3) is 0 Å².